The van der Waals surface area contributed by atoms with E-state index in [1.165, 1.54) is 30.3 Å². The van der Waals surface area contributed by atoms with Crippen molar-refractivity contribution in [2.75, 3.05) is 36.4 Å². The Morgan fingerprint density at radius 1 is 0.970 bits per heavy atom. The number of piperidine rings is 1. The second kappa shape index (κ2) is 7.99. The first-order valence-electron chi connectivity index (χ1n) is 12.1. The van der Waals surface area contributed by atoms with Crippen molar-refractivity contribution >= 4 is 39.3 Å². The molecule has 1 aromatic carbocycles. The van der Waals surface area contributed by atoms with Crippen LogP contribution >= 0.6 is 0 Å². The molecule has 0 bridgehead atoms. The minimum atomic E-state index is 0.364. The Labute approximate surface area is 194 Å². The van der Waals surface area contributed by atoms with Crippen LogP contribution < -0.4 is 15.5 Å². The zero-order valence-corrected chi connectivity index (χ0v) is 19.4. The van der Waals surface area contributed by atoms with Gasteiger partial charge in [-0.1, -0.05) is 12.1 Å². The standard InChI is InChI=1S/C26H31N7/c1-18(2)33-13-7-19-3-4-20-15-29-25(31-23(20)24(19)33)30-22-6-5-21(16-28-22)32-14-10-26(17-32)8-11-27-12-9-26/h3-7,13,15-16,18,27H,8-12,14,17H2,1-2H3,(H,28,29,30,31). The molecule has 0 atom stereocenters. The van der Waals surface area contributed by atoms with Gasteiger partial charge in [0.25, 0.3) is 0 Å². The molecule has 0 saturated carbocycles. The molecule has 7 heteroatoms. The van der Waals surface area contributed by atoms with Crippen LogP contribution in [-0.2, 0) is 0 Å². The van der Waals surface area contributed by atoms with Crippen LogP contribution in [0.1, 0.15) is 39.2 Å². The van der Waals surface area contributed by atoms with Crippen LogP contribution in [0, 0.1) is 5.41 Å². The van der Waals surface area contributed by atoms with Crippen molar-refractivity contribution in [3.05, 3.63) is 48.9 Å². The molecule has 0 unspecified atom stereocenters. The number of nitrogens with zero attached hydrogens (tertiary/aromatic N) is 5. The summed E-state index contributed by atoms with van der Waals surface area (Å²) in [5.74, 6) is 1.34. The fraction of sp³-hybridized carbons (Fsp3) is 0.423. The third-order valence-electron chi connectivity index (χ3n) is 7.44. The molecule has 3 aromatic heterocycles. The summed E-state index contributed by atoms with van der Waals surface area (Å²) >= 11 is 0. The number of aromatic nitrogens is 4. The van der Waals surface area contributed by atoms with E-state index in [0.717, 1.165) is 48.4 Å². The van der Waals surface area contributed by atoms with Crippen LogP contribution in [0.2, 0.25) is 0 Å². The van der Waals surface area contributed by atoms with Crippen molar-refractivity contribution in [2.24, 2.45) is 5.41 Å². The van der Waals surface area contributed by atoms with Gasteiger partial charge in [0, 0.05) is 42.3 Å². The number of anilines is 3. The van der Waals surface area contributed by atoms with Crippen LogP contribution in [0.3, 0.4) is 0 Å². The summed E-state index contributed by atoms with van der Waals surface area (Å²) in [5.41, 5.74) is 3.80. The molecule has 2 aliphatic heterocycles. The van der Waals surface area contributed by atoms with Crippen LogP contribution in [0.4, 0.5) is 17.5 Å². The highest BCUT2D eigenvalue weighted by molar-refractivity contribution is 6.03. The van der Waals surface area contributed by atoms with Crippen molar-refractivity contribution in [1.29, 1.82) is 0 Å². The topological polar surface area (TPSA) is 70.9 Å². The third-order valence-corrected chi connectivity index (χ3v) is 7.44. The molecule has 2 N–H and O–H groups in total. The van der Waals surface area contributed by atoms with Crippen LogP contribution in [0.5, 0.6) is 0 Å². The van der Waals surface area contributed by atoms with E-state index in [1.54, 1.807) is 0 Å². The van der Waals surface area contributed by atoms with Gasteiger partial charge >= 0.3 is 0 Å². The highest BCUT2D eigenvalue weighted by Crippen LogP contribution is 2.40. The monoisotopic (exact) mass is 441 g/mol. The molecule has 0 radical (unpaired) electrons. The molecule has 5 heterocycles. The Bertz CT molecular complexity index is 1290. The first kappa shape index (κ1) is 20.4. The largest absolute Gasteiger partial charge is 0.370 e. The van der Waals surface area contributed by atoms with E-state index in [4.69, 9.17) is 4.98 Å². The molecule has 7 nitrogen and oxygen atoms in total. The first-order valence-corrected chi connectivity index (χ1v) is 12.1. The molecule has 0 amide bonds. The lowest BCUT2D eigenvalue weighted by atomic mass is 9.78. The van der Waals surface area contributed by atoms with Crippen molar-refractivity contribution in [3.8, 4) is 0 Å². The van der Waals surface area contributed by atoms with Gasteiger partial charge in [0.15, 0.2) is 0 Å². The minimum Gasteiger partial charge on any atom is -0.370 e. The number of fused-ring (bicyclic) bond motifs is 3. The van der Waals surface area contributed by atoms with Crippen LogP contribution in [0.15, 0.2) is 48.9 Å². The summed E-state index contributed by atoms with van der Waals surface area (Å²) in [6, 6.07) is 10.9. The highest BCUT2D eigenvalue weighted by atomic mass is 15.2. The molecule has 33 heavy (non-hydrogen) atoms. The predicted octanol–water partition coefficient (Wildman–Crippen LogP) is 4.88. The van der Waals surface area contributed by atoms with Gasteiger partial charge in [0.1, 0.15) is 11.3 Å². The maximum atomic E-state index is 4.87. The van der Waals surface area contributed by atoms with Gasteiger partial charge in [-0.2, -0.15) is 0 Å². The second-order valence-electron chi connectivity index (χ2n) is 9.90. The lowest BCUT2D eigenvalue weighted by Crippen LogP contribution is -2.38. The molecular formula is C26H31N7. The number of pyridine rings is 1. The number of rotatable bonds is 4. The molecular weight excluding hydrogens is 410 g/mol. The summed E-state index contributed by atoms with van der Waals surface area (Å²) in [4.78, 5) is 16.6. The SMILES string of the molecule is CC(C)n1ccc2ccc3cnc(Nc4ccc(N5CCC6(CCNCC6)C5)cn4)nc3c21. The maximum absolute atomic E-state index is 4.87. The highest BCUT2D eigenvalue weighted by Gasteiger charge is 2.38. The zero-order chi connectivity index (χ0) is 22.4. The molecule has 170 valence electrons. The maximum Gasteiger partial charge on any atom is 0.228 e. The number of hydrogen-bond donors (Lipinski definition) is 2. The summed E-state index contributed by atoms with van der Waals surface area (Å²) < 4.78 is 2.27. The summed E-state index contributed by atoms with van der Waals surface area (Å²) in [7, 11) is 0. The van der Waals surface area contributed by atoms with Crippen LogP contribution in [-0.4, -0.2) is 45.7 Å². The van der Waals surface area contributed by atoms with E-state index in [0.29, 0.717) is 17.4 Å². The summed E-state index contributed by atoms with van der Waals surface area (Å²) in [6.07, 6.45) is 9.85. The van der Waals surface area contributed by atoms with Gasteiger partial charge in [-0.3, -0.25) is 0 Å². The third kappa shape index (κ3) is 3.70. The minimum absolute atomic E-state index is 0.364. The first-order chi connectivity index (χ1) is 16.1. The van der Waals surface area contributed by atoms with E-state index in [9.17, 15) is 0 Å². The van der Waals surface area contributed by atoms with Gasteiger partial charge in [0.2, 0.25) is 5.95 Å². The molecule has 6 rings (SSSR count). The summed E-state index contributed by atoms with van der Waals surface area (Å²) in [5, 5.41) is 9.04. The number of nitrogens with one attached hydrogen (secondary N) is 2. The Morgan fingerprint density at radius 3 is 2.61 bits per heavy atom. The fourth-order valence-corrected chi connectivity index (χ4v) is 5.51. The fourth-order valence-electron chi connectivity index (χ4n) is 5.51. The normalized spacial score (nSPS) is 18.1. The Hall–Kier alpha value is -3.19. The van der Waals surface area contributed by atoms with Crippen LogP contribution in [0.25, 0.3) is 21.8 Å². The molecule has 1 spiro atoms. The molecule has 2 aliphatic rings. The Balaban J connectivity index is 1.23. The molecule has 2 fully saturated rings. The summed E-state index contributed by atoms with van der Waals surface area (Å²) in [6.45, 7) is 8.94. The van der Waals surface area contributed by atoms with E-state index in [1.807, 2.05) is 18.5 Å². The average molecular weight is 442 g/mol. The van der Waals surface area contributed by atoms with Gasteiger partial charge < -0.3 is 20.1 Å². The van der Waals surface area contributed by atoms with Gasteiger partial charge in [-0.25, -0.2) is 15.0 Å². The predicted molar refractivity (Wildman–Crippen MR) is 134 cm³/mol. The molecule has 4 aromatic rings. The second-order valence-corrected chi connectivity index (χ2v) is 9.90. The number of hydrogen-bond acceptors (Lipinski definition) is 6. The van der Waals surface area contributed by atoms with E-state index in [-0.39, 0.29) is 0 Å². The van der Waals surface area contributed by atoms with Crippen molar-refractivity contribution in [3.63, 3.8) is 0 Å². The van der Waals surface area contributed by atoms with E-state index in [2.05, 4.69) is 74.4 Å². The Morgan fingerprint density at radius 2 is 1.82 bits per heavy atom. The van der Waals surface area contributed by atoms with Crippen molar-refractivity contribution < 1.29 is 0 Å². The zero-order valence-electron chi connectivity index (χ0n) is 19.4. The van der Waals surface area contributed by atoms with Gasteiger partial charge in [0.05, 0.1) is 17.4 Å². The lowest BCUT2D eigenvalue weighted by Gasteiger charge is -2.34. The number of benzene rings is 1. The quantitative estimate of drug-likeness (QED) is 0.470. The van der Waals surface area contributed by atoms with Crippen molar-refractivity contribution in [2.45, 2.75) is 39.2 Å². The van der Waals surface area contributed by atoms with Crippen molar-refractivity contribution in [1.82, 2.24) is 24.8 Å². The smallest absolute Gasteiger partial charge is 0.228 e. The molecule has 2 saturated heterocycles. The molecule has 0 aliphatic carbocycles. The van der Waals surface area contributed by atoms with E-state index < -0.39 is 0 Å². The Kier molecular flexibility index (Phi) is 4.94. The average Bonchev–Trinajstić information content (AvgIpc) is 3.45. The van der Waals surface area contributed by atoms with E-state index >= 15 is 0 Å². The van der Waals surface area contributed by atoms with Gasteiger partial charge in [-0.05, 0) is 69.8 Å². The van der Waals surface area contributed by atoms with Gasteiger partial charge in [-0.15, -0.1) is 0 Å². The lowest BCUT2D eigenvalue weighted by molar-refractivity contribution is 0.232.